The molecule has 0 unspecified atom stereocenters. The molecule has 5 heteroatoms. The highest BCUT2D eigenvalue weighted by Crippen LogP contribution is 2.05. The van der Waals surface area contributed by atoms with E-state index in [4.69, 9.17) is 0 Å². The van der Waals surface area contributed by atoms with Gasteiger partial charge in [0, 0.05) is 30.8 Å². The quantitative estimate of drug-likeness (QED) is 0.819. The zero-order valence-corrected chi connectivity index (χ0v) is 10.3. The van der Waals surface area contributed by atoms with Crippen molar-refractivity contribution in [1.82, 2.24) is 9.55 Å². The summed E-state index contributed by atoms with van der Waals surface area (Å²) in [5.74, 6) is 0.0538. The molecule has 2 aromatic rings. The van der Waals surface area contributed by atoms with E-state index >= 15 is 0 Å². The highest BCUT2D eigenvalue weighted by Gasteiger charge is 2.05. The van der Waals surface area contributed by atoms with Gasteiger partial charge in [-0.15, -0.1) is 0 Å². The van der Waals surface area contributed by atoms with Crippen LogP contribution in [0.1, 0.15) is 23.2 Å². The molecule has 0 aliphatic rings. The van der Waals surface area contributed by atoms with Crippen LogP contribution in [0.25, 0.3) is 0 Å². The summed E-state index contributed by atoms with van der Waals surface area (Å²) in [6.45, 7) is 0.411. The standard InChI is InChI=1S/C14H14N2O3/c17-12(11-5-2-1-3-6-11)7-4-9-16-10-8-13(18)15-14(16)19/h1-3,5-6,8,10H,4,7,9H2,(H,15,18,19). The largest absolute Gasteiger partial charge is 0.328 e. The smallest absolute Gasteiger partial charge is 0.301 e. The number of aryl methyl sites for hydroxylation is 1. The van der Waals surface area contributed by atoms with Crippen LogP contribution in [0, 0.1) is 0 Å². The van der Waals surface area contributed by atoms with Crippen LogP contribution in [0.2, 0.25) is 0 Å². The van der Waals surface area contributed by atoms with Crippen molar-refractivity contribution in [1.29, 1.82) is 0 Å². The lowest BCUT2D eigenvalue weighted by atomic mass is 10.1. The summed E-state index contributed by atoms with van der Waals surface area (Å²) in [5.41, 5.74) is -0.183. The second kappa shape index (κ2) is 5.95. The topological polar surface area (TPSA) is 71.9 Å². The number of benzene rings is 1. The van der Waals surface area contributed by atoms with E-state index in [2.05, 4.69) is 4.98 Å². The number of aromatic amines is 1. The summed E-state index contributed by atoms with van der Waals surface area (Å²) in [4.78, 5) is 36.3. The van der Waals surface area contributed by atoms with E-state index in [1.807, 2.05) is 18.2 Å². The third-order valence-corrected chi connectivity index (χ3v) is 2.80. The lowest BCUT2D eigenvalue weighted by Gasteiger charge is -2.04. The fourth-order valence-corrected chi connectivity index (χ4v) is 1.80. The third kappa shape index (κ3) is 3.51. The molecule has 5 nitrogen and oxygen atoms in total. The van der Waals surface area contributed by atoms with Gasteiger partial charge in [-0.1, -0.05) is 30.3 Å². The average molecular weight is 258 g/mol. The lowest BCUT2D eigenvalue weighted by molar-refractivity contribution is 0.0978. The van der Waals surface area contributed by atoms with E-state index in [1.54, 1.807) is 12.1 Å². The Bertz CT molecular complexity index is 671. The SMILES string of the molecule is O=C(CCCn1ccc(=O)[nH]c1=O)c1ccccc1. The van der Waals surface area contributed by atoms with Crippen LogP contribution in [-0.4, -0.2) is 15.3 Å². The average Bonchev–Trinajstić information content (AvgIpc) is 2.42. The molecule has 1 heterocycles. The summed E-state index contributed by atoms with van der Waals surface area (Å²) in [5, 5.41) is 0. The molecule has 0 atom stereocenters. The minimum atomic E-state index is -0.445. The van der Waals surface area contributed by atoms with Crippen LogP contribution in [0.4, 0.5) is 0 Å². The zero-order chi connectivity index (χ0) is 13.7. The number of nitrogens with one attached hydrogen (secondary N) is 1. The van der Waals surface area contributed by atoms with Crippen LogP contribution in [0.5, 0.6) is 0 Å². The molecule has 0 amide bonds. The molecular weight excluding hydrogens is 244 g/mol. The lowest BCUT2D eigenvalue weighted by Crippen LogP contribution is -2.28. The second-order valence-corrected chi connectivity index (χ2v) is 4.20. The maximum absolute atomic E-state index is 11.8. The second-order valence-electron chi connectivity index (χ2n) is 4.20. The number of ketones is 1. The number of Topliss-reactive ketones (excluding diaryl/α,β-unsaturated/α-hetero) is 1. The van der Waals surface area contributed by atoms with Crippen LogP contribution < -0.4 is 11.2 Å². The van der Waals surface area contributed by atoms with Crippen molar-refractivity contribution in [3.8, 4) is 0 Å². The van der Waals surface area contributed by atoms with Crippen molar-refractivity contribution in [3.05, 3.63) is 69.0 Å². The number of carbonyl (C=O) groups is 1. The summed E-state index contributed by atoms with van der Waals surface area (Å²) in [6.07, 6.45) is 2.36. The number of H-pyrrole nitrogens is 1. The van der Waals surface area contributed by atoms with Gasteiger partial charge in [0.15, 0.2) is 5.78 Å². The van der Waals surface area contributed by atoms with E-state index in [-0.39, 0.29) is 5.78 Å². The van der Waals surface area contributed by atoms with Crippen molar-refractivity contribution in [3.63, 3.8) is 0 Å². The Balaban J connectivity index is 1.92. The molecule has 98 valence electrons. The molecule has 0 aliphatic carbocycles. The summed E-state index contributed by atoms with van der Waals surface area (Å²) in [7, 11) is 0. The van der Waals surface area contributed by atoms with E-state index in [9.17, 15) is 14.4 Å². The molecule has 0 fully saturated rings. The van der Waals surface area contributed by atoms with Gasteiger partial charge in [-0.2, -0.15) is 0 Å². The van der Waals surface area contributed by atoms with Crippen molar-refractivity contribution in [2.75, 3.05) is 0 Å². The number of hydrogen-bond acceptors (Lipinski definition) is 3. The normalized spacial score (nSPS) is 10.3. The number of nitrogens with zero attached hydrogens (tertiary/aromatic N) is 1. The molecular formula is C14H14N2O3. The monoisotopic (exact) mass is 258 g/mol. The first-order valence-corrected chi connectivity index (χ1v) is 6.05. The zero-order valence-electron chi connectivity index (χ0n) is 10.3. The van der Waals surface area contributed by atoms with E-state index in [0.29, 0.717) is 24.9 Å². The first-order chi connectivity index (χ1) is 9.16. The van der Waals surface area contributed by atoms with Gasteiger partial charge < -0.3 is 4.57 Å². The first kappa shape index (κ1) is 13.0. The summed E-state index contributed by atoms with van der Waals surface area (Å²) in [6, 6.07) is 10.3. The third-order valence-electron chi connectivity index (χ3n) is 2.80. The van der Waals surface area contributed by atoms with E-state index in [1.165, 1.54) is 16.8 Å². The van der Waals surface area contributed by atoms with Gasteiger partial charge in [-0.05, 0) is 6.42 Å². The van der Waals surface area contributed by atoms with Crippen molar-refractivity contribution >= 4 is 5.78 Å². The Morgan fingerprint density at radius 3 is 2.53 bits per heavy atom. The molecule has 19 heavy (non-hydrogen) atoms. The van der Waals surface area contributed by atoms with Crippen LogP contribution >= 0.6 is 0 Å². The van der Waals surface area contributed by atoms with E-state index < -0.39 is 11.2 Å². The predicted molar refractivity (Wildman–Crippen MR) is 71.3 cm³/mol. The molecule has 1 N–H and O–H groups in total. The molecule has 1 aromatic carbocycles. The maximum atomic E-state index is 11.8. The molecule has 0 saturated carbocycles. The Morgan fingerprint density at radius 1 is 1.11 bits per heavy atom. The molecule has 1 aromatic heterocycles. The molecule has 0 aliphatic heterocycles. The number of carbonyl (C=O) groups excluding carboxylic acids is 1. The van der Waals surface area contributed by atoms with Gasteiger partial charge in [-0.3, -0.25) is 14.6 Å². The molecule has 2 rings (SSSR count). The predicted octanol–water partition coefficient (Wildman–Crippen LogP) is 1.20. The Labute approximate surface area is 109 Å². The Kier molecular flexibility index (Phi) is 4.07. The maximum Gasteiger partial charge on any atom is 0.328 e. The summed E-state index contributed by atoms with van der Waals surface area (Å²) < 4.78 is 1.39. The van der Waals surface area contributed by atoms with Crippen molar-refractivity contribution in [2.24, 2.45) is 0 Å². The summed E-state index contributed by atoms with van der Waals surface area (Å²) >= 11 is 0. The van der Waals surface area contributed by atoms with Gasteiger partial charge in [0.05, 0.1) is 0 Å². The number of aromatic nitrogens is 2. The van der Waals surface area contributed by atoms with Gasteiger partial charge >= 0.3 is 5.69 Å². The van der Waals surface area contributed by atoms with Gasteiger partial charge in [0.1, 0.15) is 0 Å². The highest BCUT2D eigenvalue weighted by molar-refractivity contribution is 5.95. The van der Waals surface area contributed by atoms with Gasteiger partial charge in [-0.25, -0.2) is 4.79 Å². The highest BCUT2D eigenvalue weighted by atomic mass is 16.2. The van der Waals surface area contributed by atoms with Crippen molar-refractivity contribution in [2.45, 2.75) is 19.4 Å². The first-order valence-electron chi connectivity index (χ1n) is 6.05. The van der Waals surface area contributed by atoms with E-state index in [0.717, 1.165) is 0 Å². The minimum Gasteiger partial charge on any atom is -0.301 e. The Hall–Kier alpha value is -2.43. The van der Waals surface area contributed by atoms with Crippen LogP contribution in [0.3, 0.4) is 0 Å². The minimum absolute atomic E-state index is 0.0538. The molecule has 0 spiro atoms. The fourth-order valence-electron chi connectivity index (χ4n) is 1.80. The molecule has 0 saturated heterocycles. The fraction of sp³-hybridized carbons (Fsp3) is 0.214. The van der Waals surface area contributed by atoms with Gasteiger partial charge in [0.2, 0.25) is 0 Å². The van der Waals surface area contributed by atoms with Crippen LogP contribution in [0.15, 0.2) is 52.2 Å². The number of rotatable bonds is 5. The molecule has 0 radical (unpaired) electrons. The van der Waals surface area contributed by atoms with Crippen molar-refractivity contribution < 1.29 is 4.79 Å². The number of hydrogen-bond donors (Lipinski definition) is 1. The molecule has 0 bridgehead atoms. The van der Waals surface area contributed by atoms with Gasteiger partial charge in [0.25, 0.3) is 5.56 Å². The Morgan fingerprint density at radius 2 is 1.84 bits per heavy atom. The van der Waals surface area contributed by atoms with Crippen LogP contribution in [-0.2, 0) is 6.54 Å².